The van der Waals surface area contributed by atoms with Crippen LogP contribution in [0.4, 0.5) is 0 Å². The Morgan fingerprint density at radius 1 is 1.13 bits per heavy atom. The lowest BCUT2D eigenvalue weighted by molar-refractivity contribution is -0.133. The van der Waals surface area contributed by atoms with E-state index in [1.165, 1.54) is 16.9 Å². The summed E-state index contributed by atoms with van der Waals surface area (Å²) in [5.74, 6) is 1.57. The molecule has 1 fully saturated rings. The number of imidazole rings is 1. The van der Waals surface area contributed by atoms with E-state index in [9.17, 15) is 14.7 Å². The van der Waals surface area contributed by atoms with E-state index in [-0.39, 0.29) is 30.3 Å². The first-order chi connectivity index (χ1) is 21.7. The highest BCUT2D eigenvalue weighted by atomic mass is 32.1. The third-order valence-corrected chi connectivity index (χ3v) is 9.71. The Labute approximate surface area is 270 Å². The minimum Gasteiger partial charge on any atom is -0.394 e. The van der Waals surface area contributed by atoms with Crippen molar-refractivity contribution in [3.05, 3.63) is 76.9 Å². The fourth-order valence-corrected chi connectivity index (χ4v) is 7.06. The smallest absolute Gasteiger partial charge is 0.261 e. The van der Waals surface area contributed by atoms with E-state index in [1.54, 1.807) is 21.0 Å². The molecule has 9 heteroatoms. The molecule has 240 valence electrons. The van der Waals surface area contributed by atoms with Crippen LogP contribution < -0.4 is 5.32 Å². The number of carbonyl (C=O) groups is 2. The first-order valence-electron chi connectivity index (χ1n) is 16.0. The van der Waals surface area contributed by atoms with Crippen molar-refractivity contribution < 1.29 is 19.4 Å². The van der Waals surface area contributed by atoms with Crippen molar-refractivity contribution in [3.63, 3.8) is 0 Å². The van der Waals surface area contributed by atoms with Crippen LogP contribution in [0.5, 0.6) is 0 Å². The number of hydrogen-bond donors (Lipinski definition) is 2. The second-order valence-electron chi connectivity index (χ2n) is 13.0. The number of hydrogen-bond acceptors (Lipinski definition) is 6. The molecule has 2 amide bonds. The van der Waals surface area contributed by atoms with Crippen molar-refractivity contribution >= 4 is 34.2 Å². The van der Waals surface area contributed by atoms with Crippen molar-refractivity contribution in [3.8, 4) is 10.4 Å². The maximum absolute atomic E-state index is 13.5. The van der Waals surface area contributed by atoms with E-state index in [1.807, 2.05) is 18.2 Å². The topological polar surface area (TPSA) is 96.7 Å². The van der Waals surface area contributed by atoms with Gasteiger partial charge in [-0.2, -0.15) is 0 Å². The molecule has 4 aromatic rings. The van der Waals surface area contributed by atoms with Gasteiger partial charge in [-0.15, -0.1) is 11.3 Å². The number of aliphatic hydroxyl groups excluding tert-OH is 1. The Hall–Kier alpha value is -3.53. The number of benzene rings is 2. The number of nitrogens with zero attached hydrogens (tertiary/aromatic N) is 3. The summed E-state index contributed by atoms with van der Waals surface area (Å²) in [6.45, 7) is 8.70. The van der Waals surface area contributed by atoms with E-state index in [0.29, 0.717) is 24.4 Å². The fraction of sp³-hybridized carbons (Fsp3) is 0.472. The number of methoxy groups -OCH3 is 1. The molecule has 0 spiro atoms. The van der Waals surface area contributed by atoms with Crippen LogP contribution in [0.15, 0.2) is 60.7 Å². The molecule has 2 atom stereocenters. The molecule has 0 aliphatic carbocycles. The highest BCUT2D eigenvalue weighted by Gasteiger charge is 2.29. The van der Waals surface area contributed by atoms with Crippen molar-refractivity contribution in [1.29, 1.82) is 0 Å². The number of likely N-dealkylation sites (tertiary alicyclic amines) is 1. The zero-order chi connectivity index (χ0) is 32.0. The number of fused-ring (bicyclic) bond motifs is 1. The summed E-state index contributed by atoms with van der Waals surface area (Å²) in [6, 6.07) is 20.5. The zero-order valence-electron chi connectivity index (χ0n) is 26.9. The molecule has 5 rings (SSSR count). The average Bonchev–Trinajstić information content (AvgIpc) is 3.67. The number of nitrogens with one attached hydrogen (secondary N) is 1. The average molecular weight is 631 g/mol. The monoisotopic (exact) mass is 630 g/mol. The van der Waals surface area contributed by atoms with E-state index in [2.05, 4.69) is 64.2 Å². The Morgan fingerprint density at radius 2 is 1.91 bits per heavy atom. The zero-order valence-corrected chi connectivity index (χ0v) is 27.7. The van der Waals surface area contributed by atoms with E-state index in [0.717, 1.165) is 66.1 Å². The molecule has 2 aromatic carbocycles. The number of piperidine rings is 1. The van der Waals surface area contributed by atoms with Crippen LogP contribution in [0.3, 0.4) is 0 Å². The van der Waals surface area contributed by atoms with Crippen LogP contribution in [-0.2, 0) is 22.5 Å². The van der Waals surface area contributed by atoms with E-state index < -0.39 is 5.54 Å². The first kappa shape index (κ1) is 32.9. The van der Waals surface area contributed by atoms with Gasteiger partial charge >= 0.3 is 0 Å². The lowest BCUT2D eigenvalue weighted by Gasteiger charge is -2.33. The molecule has 1 aliphatic rings. The van der Waals surface area contributed by atoms with Gasteiger partial charge in [-0.25, -0.2) is 4.98 Å². The Balaban J connectivity index is 1.17. The quantitative estimate of drug-likeness (QED) is 0.170. The van der Waals surface area contributed by atoms with Crippen LogP contribution in [0.1, 0.15) is 73.4 Å². The molecule has 1 aliphatic heterocycles. The molecule has 8 nitrogen and oxygen atoms in total. The Bertz CT molecular complexity index is 1590. The minimum absolute atomic E-state index is 0.125. The highest BCUT2D eigenvalue weighted by Crippen LogP contribution is 2.31. The van der Waals surface area contributed by atoms with Gasteiger partial charge in [-0.05, 0) is 80.8 Å². The molecular formula is C36H46N4O4S. The number of thiophene rings is 1. The summed E-state index contributed by atoms with van der Waals surface area (Å²) in [4.78, 5) is 34.8. The van der Waals surface area contributed by atoms with Gasteiger partial charge in [0.25, 0.3) is 5.91 Å². The maximum Gasteiger partial charge on any atom is 0.261 e. The van der Waals surface area contributed by atoms with Crippen molar-refractivity contribution in [2.45, 2.75) is 70.9 Å². The fourth-order valence-electron chi connectivity index (χ4n) is 6.15. The molecule has 3 heterocycles. The van der Waals surface area contributed by atoms with Crippen LogP contribution in [0.25, 0.3) is 21.5 Å². The highest BCUT2D eigenvalue weighted by molar-refractivity contribution is 7.17. The molecule has 0 bridgehead atoms. The van der Waals surface area contributed by atoms with Gasteiger partial charge in [0, 0.05) is 50.6 Å². The van der Waals surface area contributed by atoms with Crippen LogP contribution >= 0.6 is 11.3 Å². The number of ether oxygens (including phenoxy) is 1. The molecule has 0 unspecified atom stereocenters. The molecule has 45 heavy (non-hydrogen) atoms. The summed E-state index contributed by atoms with van der Waals surface area (Å²) in [7, 11) is 1.74. The summed E-state index contributed by atoms with van der Waals surface area (Å²) in [5, 5.41) is 12.3. The van der Waals surface area contributed by atoms with Crippen molar-refractivity contribution in [2.24, 2.45) is 5.92 Å². The van der Waals surface area contributed by atoms with E-state index in [4.69, 9.17) is 9.72 Å². The Kier molecular flexibility index (Phi) is 10.7. The van der Waals surface area contributed by atoms with Gasteiger partial charge in [0.1, 0.15) is 5.82 Å². The number of aromatic nitrogens is 2. The first-order valence-corrected chi connectivity index (χ1v) is 16.8. The minimum atomic E-state index is -0.667. The van der Waals surface area contributed by atoms with Gasteiger partial charge in [-0.1, -0.05) is 43.3 Å². The second kappa shape index (κ2) is 14.7. The second-order valence-corrected chi connectivity index (χ2v) is 14.1. The lowest BCUT2D eigenvalue weighted by Crippen LogP contribution is -2.46. The molecule has 1 saturated heterocycles. The van der Waals surface area contributed by atoms with Gasteiger partial charge in [0.05, 0.1) is 28.1 Å². The molecule has 2 aromatic heterocycles. The summed E-state index contributed by atoms with van der Waals surface area (Å²) in [6.07, 6.45) is 4.29. The standard InChI is InChI=1S/C36H46N4O4S/c1-25(21-26-12-14-27(15-13-26)31-16-17-32(45-31)35(43)38-36(2,3)24-41)22-33(42)39-18-7-9-28(23-39)34-37-29-10-5-6-11-30(29)40(34)19-8-20-44-4/h5-6,10-17,25,28,41H,7-9,18-24H2,1-4H3,(H,38,43)/t25-,28-/m1/s1. The number of aliphatic hydroxyl groups is 1. The van der Waals surface area contributed by atoms with Crippen molar-refractivity contribution in [2.75, 3.05) is 33.4 Å². The summed E-state index contributed by atoms with van der Waals surface area (Å²) < 4.78 is 7.65. The number of carbonyl (C=O) groups excluding carboxylic acids is 2. The maximum atomic E-state index is 13.5. The van der Waals surface area contributed by atoms with Gasteiger partial charge in [-0.3, -0.25) is 9.59 Å². The molecular weight excluding hydrogens is 584 g/mol. The van der Waals surface area contributed by atoms with E-state index >= 15 is 0 Å². The number of aryl methyl sites for hydroxylation is 1. The largest absolute Gasteiger partial charge is 0.394 e. The SMILES string of the molecule is COCCCn1c([C@@H]2CCCN(C(=O)C[C@H](C)Cc3ccc(-c4ccc(C(=O)NC(C)(C)CO)s4)cc3)C2)nc2ccccc21. The Morgan fingerprint density at radius 3 is 2.67 bits per heavy atom. The predicted octanol–water partition coefficient (Wildman–Crippen LogP) is 6.28. The number of amides is 2. The van der Waals surface area contributed by atoms with Crippen LogP contribution in [-0.4, -0.2) is 70.3 Å². The van der Waals surface area contributed by atoms with Crippen LogP contribution in [0.2, 0.25) is 0 Å². The van der Waals surface area contributed by atoms with Crippen LogP contribution in [0, 0.1) is 5.92 Å². The molecule has 0 saturated carbocycles. The third kappa shape index (κ3) is 8.20. The lowest BCUT2D eigenvalue weighted by atomic mass is 9.94. The predicted molar refractivity (Wildman–Crippen MR) is 181 cm³/mol. The van der Waals surface area contributed by atoms with Gasteiger partial charge in [0.15, 0.2) is 0 Å². The molecule has 2 N–H and O–H groups in total. The summed E-state index contributed by atoms with van der Waals surface area (Å²) in [5.41, 5.74) is 3.75. The normalized spacial score (nSPS) is 16.2. The number of para-hydroxylation sites is 2. The van der Waals surface area contributed by atoms with Gasteiger partial charge < -0.3 is 24.6 Å². The van der Waals surface area contributed by atoms with Crippen molar-refractivity contribution in [1.82, 2.24) is 19.8 Å². The number of rotatable bonds is 13. The van der Waals surface area contributed by atoms with Gasteiger partial charge in [0.2, 0.25) is 5.91 Å². The third-order valence-electron chi connectivity index (χ3n) is 8.58. The molecule has 0 radical (unpaired) electrons. The summed E-state index contributed by atoms with van der Waals surface area (Å²) >= 11 is 1.44.